The van der Waals surface area contributed by atoms with Crippen LogP contribution in [0.3, 0.4) is 0 Å². The van der Waals surface area contributed by atoms with Crippen LogP contribution in [-0.2, 0) is 14.6 Å². The summed E-state index contributed by atoms with van der Waals surface area (Å²) in [6.07, 6.45) is 11.7. The van der Waals surface area contributed by atoms with Gasteiger partial charge in [-0.1, -0.05) is 101 Å². The van der Waals surface area contributed by atoms with Gasteiger partial charge in [0, 0.05) is 0 Å². The molecule has 0 amide bonds. The summed E-state index contributed by atoms with van der Waals surface area (Å²) < 4.78 is 34.5. The van der Waals surface area contributed by atoms with Crippen LogP contribution >= 0.6 is 0 Å². The Morgan fingerprint density at radius 1 is 0.840 bits per heavy atom. The van der Waals surface area contributed by atoms with E-state index in [0.717, 1.165) is 12.8 Å². The van der Waals surface area contributed by atoms with Crippen molar-refractivity contribution in [3.63, 3.8) is 0 Å². The third kappa shape index (κ3) is 24.1. The van der Waals surface area contributed by atoms with Crippen LogP contribution in [0.2, 0.25) is 0 Å². The molecular formula is C19H33NaO4S. The van der Waals surface area contributed by atoms with Crippen molar-refractivity contribution in [1.82, 2.24) is 0 Å². The molecule has 6 heteroatoms. The van der Waals surface area contributed by atoms with E-state index in [2.05, 4.69) is 30.2 Å². The molecule has 0 aliphatic carbocycles. The quantitative estimate of drug-likeness (QED) is 0.242. The second-order valence-electron chi connectivity index (χ2n) is 6.07. The van der Waals surface area contributed by atoms with Gasteiger partial charge >= 0.3 is 29.6 Å². The molecule has 0 atom stereocenters. The molecule has 0 unspecified atom stereocenters. The molecule has 140 valence electrons. The molecule has 25 heavy (non-hydrogen) atoms. The smallest absolute Gasteiger partial charge is 0.726 e. The van der Waals surface area contributed by atoms with Crippen molar-refractivity contribution in [3.8, 4) is 0 Å². The minimum Gasteiger partial charge on any atom is -0.726 e. The Balaban J connectivity index is 0. The van der Waals surface area contributed by atoms with Crippen molar-refractivity contribution in [2.24, 2.45) is 0 Å². The van der Waals surface area contributed by atoms with Gasteiger partial charge in [-0.2, -0.15) is 0 Å². The Morgan fingerprint density at radius 3 is 1.64 bits per heavy atom. The zero-order valence-electron chi connectivity index (χ0n) is 16.2. The van der Waals surface area contributed by atoms with E-state index in [4.69, 9.17) is 0 Å². The standard InChI is InChI=1S/C12H26O4S.C7H8.Na/c1-2-3-4-5-6-7-8-9-10-11-12-16-17(13,14)15;1-7-5-3-2-4-6-7;/h2-12H2,1H3,(H,13,14,15);2-6H,1H3;/q;;+1/p-1. The van der Waals surface area contributed by atoms with E-state index < -0.39 is 10.4 Å². The molecule has 0 spiro atoms. The summed E-state index contributed by atoms with van der Waals surface area (Å²) in [5, 5.41) is 0. The summed E-state index contributed by atoms with van der Waals surface area (Å²) in [6, 6.07) is 10.3. The number of unbranched alkanes of at least 4 members (excludes halogenated alkanes) is 9. The maximum Gasteiger partial charge on any atom is 1.00 e. The first-order valence-electron chi connectivity index (χ1n) is 9.07. The molecule has 0 N–H and O–H groups in total. The molecular weight excluding hydrogens is 347 g/mol. The third-order valence-electron chi connectivity index (χ3n) is 3.67. The second-order valence-corrected chi connectivity index (χ2v) is 7.12. The first kappa shape index (κ1) is 27.3. The Kier molecular flexibility index (Phi) is 20.6. The SMILES string of the molecule is CCCCCCCCCCCCOS(=O)(=O)[O-].Cc1ccccc1.[Na+]. The van der Waals surface area contributed by atoms with Crippen molar-refractivity contribution >= 4 is 10.4 Å². The number of benzene rings is 1. The zero-order valence-corrected chi connectivity index (χ0v) is 19.0. The molecule has 1 rings (SSSR count). The fourth-order valence-corrected chi connectivity index (χ4v) is 2.61. The summed E-state index contributed by atoms with van der Waals surface area (Å²) in [5.41, 5.74) is 1.32. The molecule has 1 aromatic carbocycles. The fraction of sp³-hybridized carbons (Fsp3) is 0.684. The van der Waals surface area contributed by atoms with Gasteiger partial charge in [0.1, 0.15) is 0 Å². The predicted molar refractivity (Wildman–Crippen MR) is 98.7 cm³/mol. The first-order chi connectivity index (χ1) is 11.5. The zero-order chi connectivity index (χ0) is 18.1. The van der Waals surface area contributed by atoms with E-state index in [9.17, 15) is 13.0 Å². The van der Waals surface area contributed by atoms with E-state index in [-0.39, 0.29) is 36.2 Å². The topological polar surface area (TPSA) is 66.4 Å². The van der Waals surface area contributed by atoms with Crippen molar-refractivity contribution in [1.29, 1.82) is 0 Å². The number of hydrogen-bond donors (Lipinski definition) is 0. The summed E-state index contributed by atoms with van der Waals surface area (Å²) in [6.45, 7) is 4.33. The van der Waals surface area contributed by atoms with E-state index in [1.165, 1.54) is 50.5 Å². The molecule has 0 bridgehead atoms. The molecule has 0 saturated carbocycles. The number of rotatable bonds is 12. The summed E-state index contributed by atoms with van der Waals surface area (Å²) in [7, 11) is -4.48. The van der Waals surface area contributed by atoms with Crippen LogP contribution in [0.15, 0.2) is 30.3 Å². The van der Waals surface area contributed by atoms with Crippen LogP contribution in [0, 0.1) is 6.92 Å². The van der Waals surface area contributed by atoms with Crippen LogP contribution in [0.1, 0.15) is 76.7 Å². The van der Waals surface area contributed by atoms with Crippen molar-refractivity contribution in [2.75, 3.05) is 6.61 Å². The Bertz CT molecular complexity index is 477. The van der Waals surface area contributed by atoms with Crippen LogP contribution in [-0.4, -0.2) is 19.6 Å². The maximum atomic E-state index is 10.1. The van der Waals surface area contributed by atoms with E-state index in [1.807, 2.05) is 18.2 Å². The molecule has 1 aromatic rings. The number of hydrogen-bond acceptors (Lipinski definition) is 4. The van der Waals surface area contributed by atoms with Crippen molar-refractivity contribution in [3.05, 3.63) is 35.9 Å². The third-order valence-corrected chi connectivity index (χ3v) is 4.12. The van der Waals surface area contributed by atoms with Gasteiger partial charge in [-0.05, 0) is 13.3 Å². The predicted octanol–water partition coefficient (Wildman–Crippen LogP) is 2.38. The van der Waals surface area contributed by atoms with Gasteiger partial charge in [-0.15, -0.1) is 0 Å². The summed E-state index contributed by atoms with van der Waals surface area (Å²) in [4.78, 5) is 0. The molecule has 0 heterocycles. The van der Waals surface area contributed by atoms with Gasteiger partial charge in [0.2, 0.25) is 10.4 Å². The van der Waals surface area contributed by atoms with Crippen LogP contribution in [0.25, 0.3) is 0 Å². The molecule has 0 radical (unpaired) electrons. The summed E-state index contributed by atoms with van der Waals surface area (Å²) in [5.74, 6) is 0. The van der Waals surface area contributed by atoms with Gasteiger partial charge in [0.15, 0.2) is 0 Å². The van der Waals surface area contributed by atoms with E-state index >= 15 is 0 Å². The Labute approximate surface area is 177 Å². The summed E-state index contributed by atoms with van der Waals surface area (Å²) >= 11 is 0. The van der Waals surface area contributed by atoms with Crippen molar-refractivity contribution < 1.29 is 46.7 Å². The average Bonchev–Trinajstić information content (AvgIpc) is 2.53. The van der Waals surface area contributed by atoms with Gasteiger partial charge in [-0.25, -0.2) is 8.42 Å². The van der Waals surface area contributed by atoms with E-state index in [1.54, 1.807) is 0 Å². The second kappa shape index (κ2) is 18.9. The minimum absolute atomic E-state index is 0. The first-order valence-corrected chi connectivity index (χ1v) is 10.4. The van der Waals surface area contributed by atoms with Gasteiger partial charge < -0.3 is 4.55 Å². The molecule has 0 fully saturated rings. The molecule has 0 aliphatic rings. The average molecular weight is 381 g/mol. The fourth-order valence-electron chi connectivity index (χ4n) is 2.28. The normalized spacial score (nSPS) is 10.5. The van der Waals surface area contributed by atoms with Crippen molar-refractivity contribution in [2.45, 2.75) is 78.1 Å². The van der Waals surface area contributed by atoms with E-state index in [0.29, 0.717) is 6.42 Å². The minimum atomic E-state index is -4.48. The molecule has 0 saturated heterocycles. The largest absolute Gasteiger partial charge is 1.00 e. The van der Waals surface area contributed by atoms with Gasteiger partial charge in [0.05, 0.1) is 6.61 Å². The Hall–Kier alpha value is 0.0900. The molecule has 4 nitrogen and oxygen atoms in total. The van der Waals surface area contributed by atoms with Crippen LogP contribution in [0.4, 0.5) is 0 Å². The molecule has 0 aromatic heterocycles. The monoisotopic (exact) mass is 380 g/mol. The maximum absolute atomic E-state index is 10.1. The molecule has 0 aliphatic heterocycles. The number of aryl methyl sites for hydroxylation is 1. The van der Waals surface area contributed by atoms with Gasteiger partial charge in [-0.3, -0.25) is 4.18 Å². The Morgan fingerprint density at radius 2 is 1.28 bits per heavy atom. The van der Waals surface area contributed by atoms with Gasteiger partial charge in [0.25, 0.3) is 0 Å². The van der Waals surface area contributed by atoms with Crippen LogP contribution in [0.5, 0.6) is 0 Å². The van der Waals surface area contributed by atoms with Crippen LogP contribution < -0.4 is 29.6 Å².